The van der Waals surface area contributed by atoms with E-state index in [1.54, 1.807) is 6.07 Å². The maximum atomic E-state index is 9.07. The van der Waals surface area contributed by atoms with Crippen LogP contribution < -0.4 is 4.90 Å². The fraction of sp³-hybridized carbons (Fsp3) is 0.636. The summed E-state index contributed by atoms with van der Waals surface area (Å²) in [7, 11) is 0. The molecule has 17 heavy (non-hydrogen) atoms. The highest BCUT2D eigenvalue weighted by molar-refractivity contribution is 7.98. The van der Waals surface area contributed by atoms with Gasteiger partial charge in [-0.1, -0.05) is 36.7 Å². The highest BCUT2D eigenvalue weighted by Gasteiger charge is 2.10. The number of aromatic nitrogens is 2. The number of hydrogen-bond donors (Lipinski definition) is 1. The van der Waals surface area contributed by atoms with E-state index >= 15 is 0 Å². The standard InChI is InChI=1S/C11H18ClN3OS/c1-3-4-5-15(6-7-16)10-8-9(12)13-11(14-10)17-2/h8,16H,3-7H2,1-2H3. The Hall–Kier alpha value is -0.520. The highest BCUT2D eigenvalue weighted by Crippen LogP contribution is 2.20. The first kappa shape index (κ1) is 14.5. The summed E-state index contributed by atoms with van der Waals surface area (Å²) in [5, 5.41) is 10.2. The highest BCUT2D eigenvalue weighted by atomic mass is 35.5. The van der Waals surface area contributed by atoms with Crippen LogP contribution in [0.4, 0.5) is 5.82 Å². The summed E-state index contributed by atoms with van der Waals surface area (Å²) in [6, 6.07) is 1.74. The van der Waals surface area contributed by atoms with Crippen molar-refractivity contribution < 1.29 is 5.11 Å². The first-order valence-corrected chi connectivity index (χ1v) is 7.26. The van der Waals surface area contributed by atoms with Crippen molar-refractivity contribution in [3.05, 3.63) is 11.2 Å². The van der Waals surface area contributed by atoms with Crippen LogP contribution >= 0.6 is 23.4 Å². The van der Waals surface area contributed by atoms with E-state index < -0.39 is 0 Å². The van der Waals surface area contributed by atoms with Crippen molar-refractivity contribution in [2.75, 3.05) is 30.9 Å². The third-order valence-corrected chi connectivity index (χ3v) is 3.06. The molecule has 0 saturated carbocycles. The fourth-order valence-corrected chi connectivity index (χ4v) is 2.05. The van der Waals surface area contributed by atoms with Crippen LogP contribution in [0.1, 0.15) is 19.8 Å². The van der Waals surface area contributed by atoms with Gasteiger partial charge in [-0.15, -0.1) is 0 Å². The van der Waals surface area contributed by atoms with Gasteiger partial charge in [0.05, 0.1) is 6.61 Å². The first-order valence-electron chi connectivity index (χ1n) is 5.65. The van der Waals surface area contributed by atoms with Gasteiger partial charge in [-0.05, 0) is 12.7 Å². The lowest BCUT2D eigenvalue weighted by Gasteiger charge is -2.22. The van der Waals surface area contributed by atoms with Crippen molar-refractivity contribution in [1.82, 2.24) is 9.97 Å². The third kappa shape index (κ3) is 4.69. The second kappa shape index (κ2) is 7.74. The second-order valence-corrected chi connectivity index (χ2v) is 4.76. The Balaban J connectivity index is 2.87. The lowest BCUT2D eigenvalue weighted by molar-refractivity contribution is 0.301. The van der Waals surface area contributed by atoms with Gasteiger partial charge in [-0.2, -0.15) is 0 Å². The maximum absolute atomic E-state index is 9.07. The smallest absolute Gasteiger partial charge is 0.190 e. The Bertz CT molecular complexity index is 351. The van der Waals surface area contributed by atoms with Crippen molar-refractivity contribution in [3.63, 3.8) is 0 Å². The molecular weight excluding hydrogens is 258 g/mol. The number of nitrogens with zero attached hydrogens (tertiary/aromatic N) is 3. The van der Waals surface area contributed by atoms with E-state index in [2.05, 4.69) is 16.9 Å². The SMILES string of the molecule is CCCCN(CCO)c1cc(Cl)nc(SC)n1. The Morgan fingerprint density at radius 1 is 1.41 bits per heavy atom. The van der Waals surface area contributed by atoms with E-state index in [-0.39, 0.29) is 6.61 Å². The molecule has 6 heteroatoms. The van der Waals surface area contributed by atoms with Gasteiger partial charge in [0.25, 0.3) is 0 Å². The van der Waals surface area contributed by atoms with Crippen molar-refractivity contribution in [3.8, 4) is 0 Å². The lowest BCUT2D eigenvalue weighted by Crippen LogP contribution is -2.28. The van der Waals surface area contributed by atoms with E-state index in [4.69, 9.17) is 16.7 Å². The molecule has 0 saturated heterocycles. The zero-order valence-corrected chi connectivity index (χ0v) is 11.8. The van der Waals surface area contributed by atoms with Gasteiger partial charge < -0.3 is 10.0 Å². The summed E-state index contributed by atoms with van der Waals surface area (Å²) in [6.45, 7) is 3.69. The van der Waals surface area contributed by atoms with Gasteiger partial charge in [-0.25, -0.2) is 9.97 Å². The van der Waals surface area contributed by atoms with Gasteiger partial charge in [0.15, 0.2) is 5.16 Å². The number of unbranched alkanes of at least 4 members (excludes halogenated alkanes) is 1. The normalized spacial score (nSPS) is 10.6. The minimum absolute atomic E-state index is 0.111. The van der Waals surface area contributed by atoms with Crippen LogP contribution in [-0.2, 0) is 0 Å². The molecule has 0 amide bonds. The molecule has 4 nitrogen and oxygen atoms in total. The van der Waals surface area contributed by atoms with Crippen molar-refractivity contribution in [1.29, 1.82) is 0 Å². The number of thioether (sulfide) groups is 1. The quantitative estimate of drug-likeness (QED) is 0.471. The van der Waals surface area contributed by atoms with Crippen LogP contribution in [0.5, 0.6) is 0 Å². The van der Waals surface area contributed by atoms with Crippen LogP contribution in [-0.4, -0.2) is 41.0 Å². The molecule has 1 rings (SSSR count). The van der Waals surface area contributed by atoms with Crippen LogP contribution in [0.25, 0.3) is 0 Å². The molecule has 0 unspecified atom stereocenters. The number of hydrogen-bond acceptors (Lipinski definition) is 5. The number of rotatable bonds is 7. The molecule has 0 radical (unpaired) electrons. The van der Waals surface area contributed by atoms with E-state index in [1.165, 1.54) is 11.8 Å². The molecule has 0 spiro atoms. The summed E-state index contributed by atoms with van der Waals surface area (Å²) >= 11 is 7.41. The summed E-state index contributed by atoms with van der Waals surface area (Å²) in [6.07, 6.45) is 4.09. The minimum atomic E-state index is 0.111. The predicted octanol–water partition coefficient (Wildman–Crippen LogP) is 2.45. The fourth-order valence-electron chi connectivity index (χ4n) is 1.45. The summed E-state index contributed by atoms with van der Waals surface area (Å²) in [5.74, 6) is 0.789. The van der Waals surface area contributed by atoms with Crippen LogP contribution in [0.3, 0.4) is 0 Å². The van der Waals surface area contributed by atoms with E-state index in [1.807, 2.05) is 11.2 Å². The molecule has 0 aliphatic heterocycles. The van der Waals surface area contributed by atoms with Crippen LogP contribution in [0.15, 0.2) is 11.2 Å². The Morgan fingerprint density at radius 2 is 2.18 bits per heavy atom. The predicted molar refractivity (Wildman–Crippen MR) is 73.0 cm³/mol. The monoisotopic (exact) mass is 275 g/mol. The first-order chi connectivity index (χ1) is 8.21. The molecule has 0 aliphatic carbocycles. The molecule has 1 heterocycles. The van der Waals surface area contributed by atoms with E-state index in [9.17, 15) is 0 Å². The topological polar surface area (TPSA) is 49.2 Å². The van der Waals surface area contributed by atoms with Gasteiger partial charge in [0.1, 0.15) is 11.0 Å². The molecule has 0 fully saturated rings. The van der Waals surface area contributed by atoms with E-state index in [0.717, 1.165) is 25.2 Å². The summed E-state index contributed by atoms with van der Waals surface area (Å²) in [4.78, 5) is 10.5. The van der Waals surface area contributed by atoms with Crippen molar-refractivity contribution in [2.45, 2.75) is 24.9 Å². The Morgan fingerprint density at radius 3 is 2.76 bits per heavy atom. The third-order valence-electron chi connectivity index (χ3n) is 2.32. The Labute approximate surface area is 111 Å². The zero-order chi connectivity index (χ0) is 12.7. The molecule has 0 atom stereocenters. The van der Waals surface area contributed by atoms with Crippen LogP contribution in [0.2, 0.25) is 5.15 Å². The van der Waals surface area contributed by atoms with Gasteiger partial charge in [0, 0.05) is 19.2 Å². The average Bonchev–Trinajstić information content (AvgIpc) is 2.33. The lowest BCUT2D eigenvalue weighted by atomic mass is 10.3. The minimum Gasteiger partial charge on any atom is -0.395 e. The summed E-state index contributed by atoms with van der Waals surface area (Å²) < 4.78 is 0. The molecule has 0 aromatic carbocycles. The molecular formula is C11H18ClN3OS. The number of aliphatic hydroxyl groups excluding tert-OH is 1. The van der Waals surface area contributed by atoms with Crippen molar-refractivity contribution in [2.24, 2.45) is 0 Å². The zero-order valence-electron chi connectivity index (χ0n) is 10.2. The average molecular weight is 276 g/mol. The maximum Gasteiger partial charge on any atom is 0.190 e. The molecule has 1 aromatic heterocycles. The number of halogens is 1. The van der Waals surface area contributed by atoms with Crippen LogP contribution in [0, 0.1) is 0 Å². The van der Waals surface area contributed by atoms with E-state index in [0.29, 0.717) is 16.9 Å². The Kier molecular flexibility index (Phi) is 6.62. The number of anilines is 1. The van der Waals surface area contributed by atoms with Gasteiger partial charge in [-0.3, -0.25) is 0 Å². The molecule has 1 aromatic rings. The molecule has 0 bridgehead atoms. The largest absolute Gasteiger partial charge is 0.395 e. The molecule has 96 valence electrons. The van der Waals surface area contributed by atoms with Gasteiger partial charge >= 0.3 is 0 Å². The second-order valence-electron chi connectivity index (χ2n) is 3.60. The van der Waals surface area contributed by atoms with Crippen molar-refractivity contribution >= 4 is 29.2 Å². The number of aliphatic hydroxyl groups is 1. The molecule has 1 N–H and O–H groups in total. The molecule has 0 aliphatic rings. The summed E-state index contributed by atoms with van der Waals surface area (Å²) in [5.41, 5.74) is 0. The van der Waals surface area contributed by atoms with Gasteiger partial charge in [0.2, 0.25) is 0 Å².